The summed E-state index contributed by atoms with van der Waals surface area (Å²) >= 11 is 0. The number of amides is 1. The molecule has 3 fully saturated rings. The maximum Gasteiger partial charge on any atom is 0.433 e. The molecule has 1 aliphatic carbocycles. The highest BCUT2D eigenvalue weighted by Gasteiger charge is 2.60. The molecule has 164 valence electrons. The van der Waals surface area contributed by atoms with Crippen LogP contribution in [-0.2, 0) is 28.7 Å². The van der Waals surface area contributed by atoms with Crippen LogP contribution in [0.15, 0.2) is 12.3 Å². The number of nitrogens with zero attached hydrogens (tertiary/aromatic N) is 2. The van der Waals surface area contributed by atoms with Gasteiger partial charge in [0.25, 0.3) is 0 Å². The molecule has 4 atom stereocenters. The Morgan fingerprint density at radius 2 is 1.97 bits per heavy atom. The molecule has 0 bridgehead atoms. The lowest BCUT2D eigenvalue weighted by Gasteiger charge is -2.33. The summed E-state index contributed by atoms with van der Waals surface area (Å²) in [6.45, 7) is 3.98. The lowest BCUT2D eigenvalue weighted by atomic mass is 9.73. The monoisotopic (exact) mass is 423 g/mol. The summed E-state index contributed by atoms with van der Waals surface area (Å²) in [5.74, 6) is 0.314. The van der Waals surface area contributed by atoms with E-state index in [0.717, 1.165) is 56.9 Å². The van der Waals surface area contributed by atoms with E-state index < -0.39 is 17.3 Å². The number of aromatic nitrogens is 1. The predicted molar refractivity (Wildman–Crippen MR) is 103 cm³/mol. The van der Waals surface area contributed by atoms with Gasteiger partial charge in [-0.05, 0) is 61.6 Å². The van der Waals surface area contributed by atoms with Crippen LogP contribution in [-0.4, -0.2) is 47.1 Å². The maximum atomic E-state index is 13.5. The van der Waals surface area contributed by atoms with Gasteiger partial charge in [0.15, 0.2) is 0 Å². The first-order valence-corrected chi connectivity index (χ1v) is 11.0. The van der Waals surface area contributed by atoms with Crippen molar-refractivity contribution in [2.45, 2.75) is 76.3 Å². The molecule has 3 aliphatic heterocycles. The van der Waals surface area contributed by atoms with Crippen LogP contribution >= 0.6 is 0 Å². The van der Waals surface area contributed by atoms with Crippen LogP contribution in [0.4, 0.5) is 13.2 Å². The van der Waals surface area contributed by atoms with Crippen molar-refractivity contribution in [2.24, 2.45) is 11.3 Å². The Morgan fingerprint density at radius 1 is 1.20 bits per heavy atom. The maximum absolute atomic E-state index is 13.5. The van der Waals surface area contributed by atoms with Gasteiger partial charge in [0.2, 0.25) is 5.91 Å². The number of carbonyl (C=O) groups is 1. The predicted octanol–water partition coefficient (Wildman–Crippen LogP) is 3.31. The summed E-state index contributed by atoms with van der Waals surface area (Å²) in [6, 6.07) is 1.94. The molecule has 4 heterocycles. The van der Waals surface area contributed by atoms with Crippen molar-refractivity contribution in [3.05, 3.63) is 29.1 Å². The van der Waals surface area contributed by atoms with Gasteiger partial charge in [-0.2, -0.15) is 13.2 Å². The normalized spacial score (nSPS) is 34.5. The zero-order valence-corrected chi connectivity index (χ0v) is 17.2. The van der Waals surface area contributed by atoms with E-state index in [1.54, 1.807) is 0 Å². The van der Waals surface area contributed by atoms with Crippen LogP contribution in [0, 0.1) is 11.3 Å². The molecule has 0 radical (unpaired) electrons. The van der Waals surface area contributed by atoms with E-state index in [1.165, 1.54) is 6.20 Å². The first-order chi connectivity index (χ1) is 14.3. The second kappa shape index (κ2) is 7.19. The minimum absolute atomic E-state index is 0.0466. The van der Waals surface area contributed by atoms with Crippen LogP contribution in [0.2, 0.25) is 0 Å². The molecular weight excluding hydrogens is 395 g/mol. The lowest BCUT2D eigenvalue weighted by Crippen LogP contribution is -2.42. The van der Waals surface area contributed by atoms with Gasteiger partial charge in [-0.1, -0.05) is 6.92 Å². The van der Waals surface area contributed by atoms with E-state index in [1.807, 2.05) is 4.90 Å². The van der Waals surface area contributed by atoms with Gasteiger partial charge in [-0.25, -0.2) is 0 Å². The molecule has 5 nitrogen and oxygen atoms in total. The van der Waals surface area contributed by atoms with Gasteiger partial charge in [0.1, 0.15) is 5.69 Å². The van der Waals surface area contributed by atoms with E-state index in [4.69, 9.17) is 4.74 Å². The summed E-state index contributed by atoms with van der Waals surface area (Å²) in [4.78, 5) is 19.0. The second-order valence-electron chi connectivity index (χ2n) is 9.48. The summed E-state index contributed by atoms with van der Waals surface area (Å²) in [7, 11) is 0. The number of rotatable bonds is 2. The quantitative estimate of drug-likeness (QED) is 0.793. The lowest BCUT2D eigenvalue weighted by molar-refractivity contribution is -0.141. The Labute approximate surface area is 174 Å². The fourth-order valence-corrected chi connectivity index (χ4v) is 6.19. The molecule has 4 aliphatic rings. The number of hydrogen-bond donors (Lipinski definition) is 1. The van der Waals surface area contributed by atoms with Crippen molar-refractivity contribution in [2.75, 3.05) is 13.2 Å². The Kier molecular flexibility index (Phi) is 4.85. The number of alkyl halides is 3. The smallest absolute Gasteiger partial charge is 0.381 e. The topological polar surface area (TPSA) is 54.5 Å². The molecule has 3 unspecified atom stereocenters. The van der Waals surface area contributed by atoms with Gasteiger partial charge in [-0.15, -0.1) is 0 Å². The molecule has 5 rings (SSSR count). The Bertz CT molecular complexity index is 839. The van der Waals surface area contributed by atoms with E-state index >= 15 is 0 Å². The number of pyridine rings is 1. The number of halogens is 3. The highest BCUT2D eigenvalue weighted by molar-refractivity contribution is 5.87. The molecule has 1 aromatic rings. The highest BCUT2D eigenvalue weighted by Crippen LogP contribution is 2.54. The summed E-state index contributed by atoms with van der Waals surface area (Å²) < 4.78 is 44.7. The number of fused-ring (bicyclic) bond motifs is 2. The van der Waals surface area contributed by atoms with E-state index in [9.17, 15) is 18.0 Å². The number of hydrogen-bond acceptors (Lipinski definition) is 4. The number of nitrogens with one attached hydrogen (secondary N) is 1. The van der Waals surface area contributed by atoms with Gasteiger partial charge >= 0.3 is 6.18 Å². The summed E-state index contributed by atoms with van der Waals surface area (Å²) in [5, 5.41) is 3.75. The minimum Gasteiger partial charge on any atom is -0.381 e. The Morgan fingerprint density at radius 3 is 2.70 bits per heavy atom. The van der Waals surface area contributed by atoms with Crippen molar-refractivity contribution in [1.29, 1.82) is 0 Å². The standard InChI is InChI=1S/C22H28F3N3O2/c1-13-18-8-14-11-26-19(22(23,24)25)9-15(14)12-28(18)20(29)21(13)5-2-17(10-21)27-16-3-6-30-7-4-16/h9,11,13,16-18,27H,2-8,10,12H2,1H3/t13?,17?,18?,21-/m0/s1. The Hall–Kier alpha value is -1.67. The van der Waals surface area contributed by atoms with Crippen molar-refractivity contribution in [3.63, 3.8) is 0 Å². The summed E-state index contributed by atoms with van der Waals surface area (Å²) in [5.41, 5.74) is 0.156. The van der Waals surface area contributed by atoms with Gasteiger partial charge < -0.3 is 15.0 Å². The molecule has 8 heteroatoms. The average molecular weight is 423 g/mol. The molecule has 1 amide bonds. The molecule has 2 saturated heterocycles. The van der Waals surface area contributed by atoms with Crippen molar-refractivity contribution in [3.8, 4) is 0 Å². The first-order valence-electron chi connectivity index (χ1n) is 11.0. The van der Waals surface area contributed by atoms with Crippen LogP contribution in [0.5, 0.6) is 0 Å². The minimum atomic E-state index is -4.47. The zero-order valence-electron chi connectivity index (χ0n) is 17.2. The number of ether oxygens (including phenoxy) is 1. The molecule has 1 aromatic heterocycles. The fraction of sp³-hybridized carbons (Fsp3) is 0.727. The highest BCUT2D eigenvalue weighted by atomic mass is 19.4. The molecule has 30 heavy (non-hydrogen) atoms. The first kappa shape index (κ1) is 20.2. The third-order valence-corrected chi connectivity index (χ3v) is 7.92. The van der Waals surface area contributed by atoms with E-state index in [-0.39, 0.29) is 24.4 Å². The van der Waals surface area contributed by atoms with Crippen molar-refractivity contribution >= 4 is 5.91 Å². The fourth-order valence-electron chi connectivity index (χ4n) is 6.19. The summed E-state index contributed by atoms with van der Waals surface area (Å²) in [6.07, 6.45) is 2.14. The van der Waals surface area contributed by atoms with Gasteiger partial charge in [-0.3, -0.25) is 9.78 Å². The van der Waals surface area contributed by atoms with Crippen LogP contribution in [0.1, 0.15) is 55.8 Å². The van der Waals surface area contributed by atoms with Crippen molar-refractivity contribution < 1.29 is 22.7 Å². The third kappa shape index (κ3) is 3.23. The molecule has 0 aromatic carbocycles. The molecule has 1 N–H and O–H groups in total. The third-order valence-electron chi connectivity index (χ3n) is 7.92. The van der Waals surface area contributed by atoms with E-state index in [2.05, 4.69) is 17.2 Å². The van der Waals surface area contributed by atoms with Gasteiger partial charge in [0.05, 0.1) is 5.41 Å². The van der Waals surface area contributed by atoms with Crippen molar-refractivity contribution in [1.82, 2.24) is 15.2 Å². The average Bonchev–Trinajstić information content (AvgIpc) is 3.23. The van der Waals surface area contributed by atoms with E-state index in [0.29, 0.717) is 24.1 Å². The SMILES string of the molecule is CC1C2Cc3cnc(C(F)(F)F)cc3CN2C(=O)[C@]12CCC(NC1CCOCC1)C2. The van der Waals surface area contributed by atoms with Crippen LogP contribution in [0.25, 0.3) is 0 Å². The molecule has 1 saturated carbocycles. The second-order valence-corrected chi connectivity index (χ2v) is 9.48. The zero-order chi connectivity index (χ0) is 21.1. The van der Waals surface area contributed by atoms with Crippen LogP contribution in [0.3, 0.4) is 0 Å². The number of carbonyl (C=O) groups excluding carboxylic acids is 1. The Balaban J connectivity index is 1.34. The molecule has 1 spiro atoms. The largest absolute Gasteiger partial charge is 0.433 e. The van der Waals surface area contributed by atoms with Crippen LogP contribution < -0.4 is 5.32 Å². The molecular formula is C22H28F3N3O2. The van der Waals surface area contributed by atoms with Gasteiger partial charge in [0, 0.05) is 44.1 Å².